The number of aromatic nitrogens is 2. The number of rotatable bonds is 6. The third-order valence-corrected chi connectivity index (χ3v) is 4.75. The van der Waals surface area contributed by atoms with Crippen molar-refractivity contribution >= 4 is 17.5 Å². The van der Waals surface area contributed by atoms with Gasteiger partial charge in [0.1, 0.15) is 12.3 Å². The molecule has 0 bridgehead atoms. The zero-order valence-corrected chi connectivity index (χ0v) is 16.6. The summed E-state index contributed by atoms with van der Waals surface area (Å²) >= 11 is 0. The van der Waals surface area contributed by atoms with Crippen LogP contribution in [0.1, 0.15) is 23.1 Å². The van der Waals surface area contributed by atoms with Gasteiger partial charge in [0.05, 0.1) is 12.3 Å². The van der Waals surface area contributed by atoms with E-state index in [0.717, 1.165) is 18.8 Å². The number of benzene rings is 1. The van der Waals surface area contributed by atoms with E-state index in [1.807, 2.05) is 44.0 Å². The molecular weight excluding hydrogens is 358 g/mol. The van der Waals surface area contributed by atoms with Gasteiger partial charge in [-0.3, -0.25) is 14.3 Å². The minimum Gasteiger partial charge on any atom is -0.492 e. The molecule has 2 amide bonds. The number of carbonyl (C=O) groups excluding carboxylic acids is 2. The van der Waals surface area contributed by atoms with Crippen LogP contribution in [0.25, 0.3) is 0 Å². The Kier molecular flexibility index (Phi) is 6.30. The quantitative estimate of drug-likeness (QED) is 0.817. The van der Waals surface area contributed by atoms with Gasteiger partial charge in [-0.15, -0.1) is 0 Å². The number of para-hydroxylation sites is 2. The summed E-state index contributed by atoms with van der Waals surface area (Å²) in [5, 5.41) is 7.22. The monoisotopic (exact) mass is 385 g/mol. The van der Waals surface area contributed by atoms with Crippen molar-refractivity contribution in [3.63, 3.8) is 0 Å². The lowest BCUT2D eigenvalue weighted by Crippen LogP contribution is -2.47. The van der Waals surface area contributed by atoms with Crippen LogP contribution in [-0.4, -0.2) is 71.2 Å². The molecule has 1 aromatic carbocycles. The second-order valence-electron chi connectivity index (χ2n) is 6.90. The van der Waals surface area contributed by atoms with E-state index in [0.29, 0.717) is 36.8 Å². The van der Waals surface area contributed by atoms with E-state index in [4.69, 9.17) is 4.74 Å². The van der Waals surface area contributed by atoms with Crippen LogP contribution in [0.2, 0.25) is 0 Å². The zero-order valence-electron chi connectivity index (χ0n) is 16.6. The maximum absolute atomic E-state index is 12.7. The second-order valence-corrected chi connectivity index (χ2v) is 6.90. The summed E-state index contributed by atoms with van der Waals surface area (Å²) in [4.78, 5) is 29.2. The van der Waals surface area contributed by atoms with Gasteiger partial charge in [0.25, 0.3) is 5.91 Å². The fraction of sp³-hybridized carbons (Fsp3) is 0.450. The highest BCUT2D eigenvalue weighted by molar-refractivity contribution is 5.93. The van der Waals surface area contributed by atoms with Crippen LogP contribution in [0.4, 0.5) is 5.69 Å². The molecule has 1 saturated heterocycles. The van der Waals surface area contributed by atoms with Crippen LogP contribution >= 0.6 is 0 Å². The molecule has 1 aliphatic heterocycles. The summed E-state index contributed by atoms with van der Waals surface area (Å²) in [5.41, 5.74) is 1.77. The van der Waals surface area contributed by atoms with Gasteiger partial charge in [-0.1, -0.05) is 12.1 Å². The molecule has 8 nitrogen and oxygen atoms in total. The van der Waals surface area contributed by atoms with Crippen LogP contribution < -0.4 is 10.1 Å². The highest BCUT2D eigenvalue weighted by Crippen LogP contribution is 2.23. The summed E-state index contributed by atoms with van der Waals surface area (Å²) in [6.07, 6.45) is 0. The number of nitrogens with zero attached hydrogens (tertiary/aromatic N) is 4. The van der Waals surface area contributed by atoms with Crippen molar-refractivity contribution in [2.75, 3.05) is 45.2 Å². The molecule has 8 heteroatoms. The van der Waals surface area contributed by atoms with Crippen LogP contribution in [0.3, 0.4) is 0 Å². The van der Waals surface area contributed by atoms with Gasteiger partial charge in [-0.25, -0.2) is 0 Å². The predicted octanol–water partition coefficient (Wildman–Crippen LogP) is 1.62. The van der Waals surface area contributed by atoms with Crippen molar-refractivity contribution in [1.82, 2.24) is 19.6 Å². The Morgan fingerprint density at radius 2 is 1.89 bits per heavy atom. The molecule has 1 aliphatic rings. The number of nitrogens with one attached hydrogen (secondary N) is 1. The number of piperazine rings is 1. The number of amides is 2. The van der Waals surface area contributed by atoms with Gasteiger partial charge in [-0.05, 0) is 39.1 Å². The molecule has 0 unspecified atom stereocenters. The number of aryl methyl sites for hydroxylation is 1. The lowest BCUT2D eigenvalue weighted by Gasteiger charge is -2.31. The third kappa shape index (κ3) is 4.69. The van der Waals surface area contributed by atoms with Crippen molar-refractivity contribution in [3.8, 4) is 5.75 Å². The van der Waals surface area contributed by atoms with Gasteiger partial charge in [-0.2, -0.15) is 5.10 Å². The summed E-state index contributed by atoms with van der Waals surface area (Å²) in [6, 6.07) is 9.03. The average Bonchev–Trinajstić information content (AvgIpc) is 3.04. The molecule has 3 rings (SSSR count). The Bertz CT molecular complexity index is 840. The van der Waals surface area contributed by atoms with Gasteiger partial charge in [0.2, 0.25) is 5.91 Å². The number of ether oxygens (including phenoxy) is 1. The van der Waals surface area contributed by atoms with Crippen LogP contribution in [0, 0.1) is 6.92 Å². The maximum Gasteiger partial charge on any atom is 0.274 e. The van der Waals surface area contributed by atoms with Gasteiger partial charge in [0, 0.05) is 31.9 Å². The lowest BCUT2D eigenvalue weighted by atomic mass is 10.3. The molecule has 2 aromatic rings. The zero-order chi connectivity index (χ0) is 20.1. The summed E-state index contributed by atoms with van der Waals surface area (Å²) in [7, 11) is 2.04. The summed E-state index contributed by atoms with van der Waals surface area (Å²) < 4.78 is 7.09. The van der Waals surface area contributed by atoms with Crippen molar-refractivity contribution in [2.24, 2.45) is 0 Å². The molecule has 1 aromatic heterocycles. The van der Waals surface area contributed by atoms with E-state index in [1.165, 1.54) is 0 Å². The van der Waals surface area contributed by atoms with Crippen molar-refractivity contribution in [1.29, 1.82) is 0 Å². The second kappa shape index (κ2) is 8.88. The molecule has 0 aliphatic carbocycles. The van der Waals surface area contributed by atoms with Crippen LogP contribution in [0.15, 0.2) is 30.3 Å². The molecule has 0 atom stereocenters. The first-order valence-electron chi connectivity index (χ1n) is 9.52. The SMILES string of the molecule is CCOc1ccccc1NC(=O)Cn1nc(C(=O)N2CCN(C)CC2)cc1C. The minimum absolute atomic E-state index is 0.0301. The summed E-state index contributed by atoms with van der Waals surface area (Å²) in [5.74, 6) is 0.315. The predicted molar refractivity (Wildman–Crippen MR) is 107 cm³/mol. The average molecular weight is 385 g/mol. The number of hydrogen-bond acceptors (Lipinski definition) is 5. The topological polar surface area (TPSA) is 79.7 Å². The molecule has 28 heavy (non-hydrogen) atoms. The molecule has 0 spiro atoms. The molecule has 150 valence electrons. The molecule has 2 heterocycles. The number of hydrogen-bond donors (Lipinski definition) is 1. The highest BCUT2D eigenvalue weighted by atomic mass is 16.5. The van der Waals surface area contributed by atoms with E-state index in [-0.39, 0.29) is 18.4 Å². The van der Waals surface area contributed by atoms with Crippen LogP contribution in [0.5, 0.6) is 5.75 Å². The molecule has 1 fully saturated rings. The molecule has 1 N–H and O–H groups in total. The van der Waals surface area contributed by atoms with E-state index < -0.39 is 0 Å². The van der Waals surface area contributed by atoms with Crippen molar-refractivity contribution < 1.29 is 14.3 Å². The van der Waals surface area contributed by atoms with Gasteiger partial charge in [0.15, 0.2) is 5.69 Å². The highest BCUT2D eigenvalue weighted by Gasteiger charge is 2.23. The third-order valence-electron chi connectivity index (χ3n) is 4.75. The largest absolute Gasteiger partial charge is 0.492 e. The molecular formula is C20H27N5O3. The Balaban J connectivity index is 1.65. The Labute approximate surface area is 165 Å². The number of likely N-dealkylation sites (N-methyl/N-ethyl adjacent to an activating group) is 1. The van der Waals surface area contributed by atoms with Crippen molar-refractivity contribution in [3.05, 3.63) is 41.7 Å². The van der Waals surface area contributed by atoms with E-state index in [2.05, 4.69) is 15.3 Å². The Morgan fingerprint density at radius 1 is 1.18 bits per heavy atom. The van der Waals surface area contributed by atoms with E-state index in [9.17, 15) is 9.59 Å². The Hall–Kier alpha value is -2.87. The fourth-order valence-electron chi connectivity index (χ4n) is 3.12. The van der Waals surface area contributed by atoms with Crippen molar-refractivity contribution in [2.45, 2.75) is 20.4 Å². The number of carbonyl (C=O) groups is 2. The standard InChI is InChI=1S/C20H27N5O3/c1-4-28-18-8-6-5-7-16(18)21-19(26)14-25-15(2)13-17(22-25)20(27)24-11-9-23(3)10-12-24/h5-8,13H,4,9-12,14H2,1-3H3,(H,21,26). The number of anilines is 1. The summed E-state index contributed by atoms with van der Waals surface area (Å²) in [6.45, 7) is 7.37. The minimum atomic E-state index is -0.225. The Morgan fingerprint density at radius 3 is 2.61 bits per heavy atom. The first kappa shape index (κ1) is 19.9. The van der Waals surface area contributed by atoms with Crippen LogP contribution in [-0.2, 0) is 11.3 Å². The smallest absolute Gasteiger partial charge is 0.274 e. The van der Waals surface area contributed by atoms with Gasteiger partial charge < -0.3 is 19.9 Å². The first-order chi connectivity index (χ1) is 13.5. The molecule has 0 radical (unpaired) electrons. The fourth-order valence-corrected chi connectivity index (χ4v) is 3.12. The molecule has 0 saturated carbocycles. The van der Waals surface area contributed by atoms with Gasteiger partial charge >= 0.3 is 0 Å². The maximum atomic E-state index is 12.7. The first-order valence-corrected chi connectivity index (χ1v) is 9.52. The normalized spacial score (nSPS) is 14.8. The van der Waals surface area contributed by atoms with E-state index in [1.54, 1.807) is 16.8 Å². The van der Waals surface area contributed by atoms with E-state index >= 15 is 0 Å². The lowest BCUT2D eigenvalue weighted by molar-refractivity contribution is -0.117.